The maximum Gasteiger partial charge on any atom is 0.302 e. The van der Waals surface area contributed by atoms with Crippen LogP contribution in [0.25, 0.3) is 0 Å². The van der Waals surface area contributed by atoms with E-state index in [2.05, 4.69) is 13.1 Å². The third-order valence-corrected chi connectivity index (χ3v) is 6.60. The van der Waals surface area contributed by atoms with Crippen molar-refractivity contribution in [2.45, 2.75) is 58.0 Å². The Balaban J connectivity index is 2.47. The number of hydrogen-bond donors (Lipinski definition) is 0. The summed E-state index contributed by atoms with van der Waals surface area (Å²) in [5.41, 5.74) is 0. The molecule has 0 saturated carbocycles. The van der Waals surface area contributed by atoms with E-state index in [4.69, 9.17) is 4.74 Å². The normalized spacial score (nSPS) is 28.1. The van der Waals surface area contributed by atoms with Crippen LogP contribution in [0.15, 0.2) is 0 Å². The van der Waals surface area contributed by atoms with Crippen LogP contribution < -0.4 is 0 Å². The highest BCUT2D eigenvalue weighted by atomic mass is 28.3. The maximum absolute atomic E-state index is 10.8. The van der Waals surface area contributed by atoms with Crippen LogP contribution in [0, 0.1) is 5.92 Å². The highest BCUT2D eigenvalue weighted by molar-refractivity contribution is 6.77. The van der Waals surface area contributed by atoms with E-state index in [1.54, 1.807) is 0 Å². The molecule has 2 atom stereocenters. The molecule has 1 fully saturated rings. The number of rotatable bonds is 2. The minimum absolute atomic E-state index is 0.125. The molecule has 1 saturated heterocycles. The van der Waals surface area contributed by atoms with Crippen molar-refractivity contribution >= 4 is 14.0 Å². The molecular formula is C11H22O2Si. The predicted octanol–water partition coefficient (Wildman–Crippen LogP) is 3.06. The van der Waals surface area contributed by atoms with Crippen LogP contribution in [0.4, 0.5) is 0 Å². The largest absolute Gasteiger partial charge is 0.463 e. The first-order chi connectivity index (χ1) is 6.41. The first-order valence-electron chi connectivity index (χ1n) is 5.58. The average Bonchev–Trinajstić information content (AvgIpc) is 2.01. The Labute approximate surface area is 88.0 Å². The molecule has 0 aromatic heterocycles. The van der Waals surface area contributed by atoms with E-state index in [9.17, 15) is 4.79 Å². The van der Waals surface area contributed by atoms with Crippen LogP contribution in [0.2, 0.25) is 25.2 Å². The van der Waals surface area contributed by atoms with Gasteiger partial charge >= 0.3 is 5.97 Å². The Morgan fingerprint density at radius 3 is 2.64 bits per heavy atom. The Bertz CT molecular complexity index is 213. The van der Waals surface area contributed by atoms with Crippen molar-refractivity contribution < 1.29 is 9.53 Å². The van der Waals surface area contributed by atoms with Gasteiger partial charge in [-0.15, -0.1) is 0 Å². The number of esters is 1. The number of ether oxygens (including phenoxy) is 1. The molecule has 0 amide bonds. The fourth-order valence-corrected chi connectivity index (χ4v) is 5.84. The summed E-state index contributed by atoms with van der Waals surface area (Å²) in [6.07, 6.45) is 2.69. The molecule has 3 heteroatoms. The Kier molecular flexibility index (Phi) is 3.76. The van der Waals surface area contributed by atoms with Gasteiger partial charge in [-0.3, -0.25) is 4.79 Å². The predicted molar refractivity (Wildman–Crippen MR) is 61.0 cm³/mol. The summed E-state index contributed by atoms with van der Waals surface area (Å²) in [4.78, 5) is 10.8. The smallest absolute Gasteiger partial charge is 0.302 e. The summed E-state index contributed by atoms with van der Waals surface area (Å²) in [6, 6.07) is 2.76. The molecule has 0 N–H and O–H groups in total. The molecule has 1 aliphatic rings. The molecule has 1 heterocycles. The first-order valence-corrected chi connectivity index (χ1v) is 8.99. The van der Waals surface area contributed by atoms with Gasteiger partial charge in [-0.25, -0.2) is 0 Å². The van der Waals surface area contributed by atoms with E-state index in [1.807, 2.05) is 6.92 Å². The van der Waals surface area contributed by atoms with Crippen molar-refractivity contribution in [1.29, 1.82) is 0 Å². The molecule has 0 spiro atoms. The van der Waals surface area contributed by atoms with E-state index in [1.165, 1.54) is 31.9 Å². The lowest BCUT2D eigenvalue weighted by Gasteiger charge is -2.36. The van der Waals surface area contributed by atoms with Crippen LogP contribution in [-0.4, -0.2) is 20.1 Å². The van der Waals surface area contributed by atoms with Gasteiger partial charge < -0.3 is 4.74 Å². The fourth-order valence-electron chi connectivity index (χ4n) is 2.52. The molecule has 0 radical (unpaired) electrons. The van der Waals surface area contributed by atoms with Crippen LogP contribution in [-0.2, 0) is 9.53 Å². The summed E-state index contributed by atoms with van der Waals surface area (Å²) >= 11 is 0. The number of carbonyl (C=O) groups is 1. The van der Waals surface area contributed by atoms with Crippen LogP contribution in [0.1, 0.15) is 26.7 Å². The second-order valence-electron chi connectivity index (χ2n) is 5.34. The lowest BCUT2D eigenvalue weighted by atomic mass is 10.00. The molecule has 0 aromatic carbocycles. The van der Waals surface area contributed by atoms with Crippen molar-refractivity contribution in [3.63, 3.8) is 0 Å². The monoisotopic (exact) mass is 214 g/mol. The zero-order chi connectivity index (χ0) is 10.8. The van der Waals surface area contributed by atoms with Crippen molar-refractivity contribution in [2.75, 3.05) is 0 Å². The molecule has 82 valence electrons. The molecule has 0 aliphatic carbocycles. The SMILES string of the molecule is CC(=O)OC(C)C1CCC[Si](C)(C)C1. The van der Waals surface area contributed by atoms with Crippen molar-refractivity contribution in [1.82, 2.24) is 0 Å². The Hall–Kier alpha value is -0.313. The third kappa shape index (κ3) is 3.44. The molecule has 1 rings (SSSR count). The van der Waals surface area contributed by atoms with Crippen molar-refractivity contribution in [2.24, 2.45) is 5.92 Å². The Morgan fingerprint density at radius 1 is 1.50 bits per heavy atom. The van der Waals surface area contributed by atoms with E-state index in [0.717, 1.165) is 0 Å². The van der Waals surface area contributed by atoms with E-state index in [-0.39, 0.29) is 12.1 Å². The van der Waals surface area contributed by atoms with Crippen LogP contribution in [0.5, 0.6) is 0 Å². The molecule has 0 aromatic rings. The van der Waals surface area contributed by atoms with Gasteiger partial charge in [0.1, 0.15) is 6.10 Å². The average molecular weight is 214 g/mol. The summed E-state index contributed by atoms with van der Waals surface area (Å²) in [5, 5.41) is 0. The Morgan fingerprint density at radius 2 is 2.14 bits per heavy atom. The lowest BCUT2D eigenvalue weighted by molar-refractivity contribution is -0.147. The highest BCUT2D eigenvalue weighted by Crippen LogP contribution is 2.35. The quantitative estimate of drug-likeness (QED) is 0.521. The summed E-state index contributed by atoms with van der Waals surface area (Å²) in [6.45, 7) is 8.43. The minimum atomic E-state index is -0.959. The van der Waals surface area contributed by atoms with Gasteiger partial charge in [0, 0.05) is 15.0 Å². The number of hydrogen-bond acceptors (Lipinski definition) is 2. The van der Waals surface area contributed by atoms with Crippen LogP contribution in [0.3, 0.4) is 0 Å². The summed E-state index contributed by atoms with van der Waals surface area (Å²) < 4.78 is 5.27. The van der Waals surface area contributed by atoms with Gasteiger partial charge in [-0.05, 0) is 19.3 Å². The first kappa shape index (κ1) is 11.8. The molecule has 2 unspecified atom stereocenters. The second-order valence-corrected chi connectivity index (χ2v) is 10.6. The van der Waals surface area contributed by atoms with E-state index in [0.29, 0.717) is 5.92 Å². The van der Waals surface area contributed by atoms with Crippen molar-refractivity contribution in [3.05, 3.63) is 0 Å². The van der Waals surface area contributed by atoms with Gasteiger partial charge in [-0.1, -0.05) is 31.6 Å². The molecular weight excluding hydrogens is 192 g/mol. The van der Waals surface area contributed by atoms with Gasteiger partial charge in [0.15, 0.2) is 0 Å². The molecule has 0 bridgehead atoms. The minimum Gasteiger partial charge on any atom is -0.463 e. The standard InChI is InChI=1S/C11H22O2Si/c1-9(13-10(2)12)11-6-5-7-14(3,4)8-11/h9,11H,5-8H2,1-4H3. The lowest BCUT2D eigenvalue weighted by Crippen LogP contribution is -2.37. The highest BCUT2D eigenvalue weighted by Gasteiger charge is 2.33. The van der Waals surface area contributed by atoms with E-state index >= 15 is 0 Å². The third-order valence-electron chi connectivity index (χ3n) is 3.26. The topological polar surface area (TPSA) is 26.3 Å². The maximum atomic E-state index is 10.8. The van der Waals surface area contributed by atoms with Gasteiger partial charge in [0.25, 0.3) is 0 Å². The molecule has 1 aliphatic heterocycles. The number of carbonyl (C=O) groups excluding carboxylic acids is 1. The summed E-state index contributed by atoms with van der Waals surface area (Å²) in [5.74, 6) is 0.483. The van der Waals surface area contributed by atoms with E-state index < -0.39 is 8.07 Å². The van der Waals surface area contributed by atoms with Crippen molar-refractivity contribution in [3.8, 4) is 0 Å². The van der Waals surface area contributed by atoms with Gasteiger partial charge in [-0.2, -0.15) is 0 Å². The zero-order valence-electron chi connectivity index (χ0n) is 9.80. The fraction of sp³-hybridized carbons (Fsp3) is 0.909. The zero-order valence-corrected chi connectivity index (χ0v) is 10.8. The molecule has 14 heavy (non-hydrogen) atoms. The molecule has 2 nitrogen and oxygen atoms in total. The summed E-state index contributed by atoms with van der Waals surface area (Å²) in [7, 11) is -0.959. The van der Waals surface area contributed by atoms with Gasteiger partial charge in [0.05, 0.1) is 0 Å². The second kappa shape index (κ2) is 4.47. The van der Waals surface area contributed by atoms with Gasteiger partial charge in [0.2, 0.25) is 0 Å². The van der Waals surface area contributed by atoms with Crippen LogP contribution >= 0.6 is 0 Å².